The van der Waals surface area contributed by atoms with Gasteiger partial charge in [-0.3, -0.25) is 0 Å². The van der Waals surface area contributed by atoms with Gasteiger partial charge >= 0.3 is 0 Å². The highest BCUT2D eigenvalue weighted by molar-refractivity contribution is 5.87. The van der Waals surface area contributed by atoms with Crippen LogP contribution in [0.15, 0.2) is 18.6 Å². The van der Waals surface area contributed by atoms with E-state index in [2.05, 4.69) is 46.9 Å². The predicted molar refractivity (Wildman–Crippen MR) is 82.0 cm³/mol. The lowest BCUT2D eigenvalue weighted by Crippen LogP contribution is -2.50. The molecule has 0 spiro atoms. The van der Waals surface area contributed by atoms with E-state index in [9.17, 15) is 0 Å². The molecule has 2 aromatic rings. The number of anilines is 1. The summed E-state index contributed by atoms with van der Waals surface area (Å²) in [4.78, 5) is 13.7. The van der Waals surface area contributed by atoms with Crippen molar-refractivity contribution in [2.45, 2.75) is 19.4 Å². The van der Waals surface area contributed by atoms with Crippen LogP contribution >= 0.6 is 0 Å². The van der Waals surface area contributed by atoms with Gasteiger partial charge in [0, 0.05) is 32.9 Å². The SMILES string of the molecule is C[C@@H]1CCN(C)C[C@@H]1N(C)c1ncnc2c1ccn2C. The van der Waals surface area contributed by atoms with Crippen molar-refractivity contribution in [3.8, 4) is 0 Å². The number of hydrogen-bond donors (Lipinski definition) is 0. The Hall–Kier alpha value is -1.62. The van der Waals surface area contributed by atoms with E-state index in [1.807, 2.05) is 17.8 Å². The van der Waals surface area contributed by atoms with Gasteiger partial charge in [0.25, 0.3) is 0 Å². The van der Waals surface area contributed by atoms with E-state index in [0.717, 1.165) is 23.4 Å². The summed E-state index contributed by atoms with van der Waals surface area (Å²) in [6, 6.07) is 2.62. The molecule has 20 heavy (non-hydrogen) atoms. The van der Waals surface area contributed by atoms with Crippen LogP contribution in [0.3, 0.4) is 0 Å². The van der Waals surface area contributed by atoms with Crippen LogP contribution in [0.2, 0.25) is 0 Å². The first-order chi connectivity index (χ1) is 9.58. The highest BCUT2D eigenvalue weighted by Gasteiger charge is 2.29. The van der Waals surface area contributed by atoms with Crippen LogP contribution in [0, 0.1) is 5.92 Å². The minimum atomic E-state index is 0.507. The van der Waals surface area contributed by atoms with Gasteiger partial charge in [-0.25, -0.2) is 9.97 Å². The summed E-state index contributed by atoms with van der Waals surface area (Å²) in [5.74, 6) is 1.73. The Morgan fingerprint density at radius 1 is 1.30 bits per heavy atom. The van der Waals surface area contributed by atoms with Gasteiger partial charge in [0.1, 0.15) is 17.8 Å². The number of likely N-dealkylation sites (tertiary alicyclic amines) is 1. The molecular formula is C15H23N5. The van der Waals surface area contributed by atoms with Crippen LogP contribution in [-0.4, -0.2) is 52.7 Å². The molecule has 0 bridgehead atoms. The highest BCUT2D eigenvalue weighted by atomic mass is 15.3. The quantitative estimate of drug-likeness (QED) is 0.835. The molecule has 2 atom stereocenters. The van der Waals surface area contributed by atoms with Crippen molar-refractivity contribution in [1.29, 1.82) is 0 Å². The zero-order valence-electron chi connectivity index (χ0n) is 12.7. The van der Waals surface area contributed by atoms with Crippen molar-refractivity contribution in [2.24, 2.45) is 13.0 Å². The van der Waals surface area contributed by atoms with Crippen LogP contribution in [-0.2, 0) is 7.05 Å². The zero-order valence-corrected chi connectivity index (χ0v) is 12.7. The normalized spacial score (nSPS) is 24.2. The lowest BCUT2D eigenvalue weighted by Gasteiger charge is -2.40. The Morgan fingerprint density at radius 2 is 2.10 bits per heavy atom. The molecule has 5 heteroatoms. The van der Waals surface area contributed by atoms with Crippen molar-refractivity contribution in [1.82, 2.24) is 19.4 Å². The fourth-order valence-corrected chi connectivity index (χ4v) is 3.21. The molecule has 3 rings (SSSR count). The molecule has 2 aromatic heterocycles. The first-order valence-electron chi connectivity index (χ1n) is 7.25. The fourth-order valence-electron chi connectivity index (χ4n) is 3.21. The Balaban J connectivity index is 1.97. The topological polar surface area (TPSA) is 37.2 Å². The summed E-state index contributed by atoms with van der Waals surface area (Å²) < 4.78 is 2.05. The standard InChI is InChI=1S/C15H23N5/c1-11-5-7-18(2)9-13(11)20(4)15-12-6-8-19(3)14(12)16-10-17-15/h6,8,10-11,13H,5,7,9H2,1-4H3/t11-,13+/m1/s1. The maximum atomic E-state index is 4.54. The van der Waals surface area contributed by atoms with Crippen LogP contribution in [0.5, 0.6) is 0 Å². The van der Waals surface area contributed by atoms with E-state index < -0.39 is 0 Å². The Labute approximate surface area is 120 Å². The number of hydrogen-bond acceptors (Lipinski definition) is 4. The Bertz CT molecular complexity index is 605. The molecule has 0 amide bonds. The molecule has 1 aliphatic heterocycles. The predicted octanol–water partition coefficient (Wildman–Crippen LogP) is 1.74. The molecule has 5 nitrogen and oxygen atoms in total. The van der Waals surface area contributed by atoms with Crippen LogP contribution in [0.4, 0.5) is 5.82 Å². The van der Waals surface area contributed by atoms with E-state index in [0.29, 0.717) is 12.0 Å². The Kier molecular flexibility index (Phi) is 3.38. The van der Waals surface area contributed by atoms with Crippen LogP contribution in [0.25, 0.3) is 11.0 Å². The van der Waals surface area contributed by atoms with Gasteiger partial charge in [0.15, 0.2) is 0 Å². The van der Waals surface area contributed by atoms with Gasteiger partial charge in [-0.1, -0.05) is 6.92 Å². The molecular weight excluding hydrogens is 250 g/mol. The average molecular weight is 273 g/mol. The molecule has 1 fully saturated rings. The van der Waals surface area contributed by atoms with Crippen molar-refractivity contribution in [2.75, 3.05) is 32.1 Å². The van der Waals surface area contributed by atoms with Gasteiger partial charge < -0.3 is 14.4 Å². The van der Waals surface area contributed by atoms with Crippen LogP contribution in [0.1, 0.15) is 13.3 Å². The lowest BCUT2D eigenvalue weighted by atomic mass is 9.92. The van der Waals surface area contributed by atoms with E-state index in [-0.39, 0.29) is 0 Å². The molecule has 3 heterocycles. The van der Waals surface area contributed by atoms with E-state index >= 15 is 0 Å². The minimum Gasteiger partial charge on any atom is -0.354 e. The van der Waals surface area contributed by atoms with Gasteiger partial charge in [0.05, 0.1) is 5.39 Å². The summed E-state index contributed by atoms with van der Waals surface area (Å²) >= 11 is 0. The van der Waals surface area contributed by atoms with Crippen LogP contribution < -0.4 is 4.90 Å². The lowest BCUT2D eigenvalue weighted by molar-refractivity contribution is 0.197. The molecule has 1 aliphatic rings. The van der Waals surface area contributed by atoms with Crippen molar-refractivity contribution in [3.63, 3.8) is 0 Å². The second-order valence-electron chi connectivity index (χ2n) is 6.07. The molecule has 1 saturated heterocycles. The summed E-state index contributed by atoms with van der Waals surface area (Å²) in [7, 11) is 6.38. The molecule has 0 N–H and O–H groups in total. The number of piperidine rings is 1. The Morgan fingerprint density at radius 3 is 2.90 bits per heavy atom. The van der Waals surface area contributed by atoms with E-state index in [1.165, 1.54) is 13.0 Å². The third-order valence-corrected chi connectivity index (χ3v) is 4.59. The maximum Gasteiger partial charge on any atom is 0.145 e. The zero-order chi connectivity index (χ0) is 14.3. The molecule has 0 unspecified atom stereocenters. The summed E-state index contributed by atoms with van der Waals surface area (Å²) in [5.41, 5.74) is 0.999. The van der Waals surface area contributed by atoms with Gasteiger partial charge in [0.2, 0.25) is 0 Å². The monoisotopic (exact) mass is 273 g/mol. The van der Waals surface area contributed by atoms with Gasteiger partial charge in [-0.15, -0.1) is 0 Å². The number of aromatic nitrogens is 3. The first kappa shape index (κ1) is 13.4. The maximum absolute atomic E-state index is 4.54. The number of likely N-dealkylation sites (N-methyl/N-ethyl adjacent to an activating group) is 2. The number of rotatable bonds is 2. The summed E-state index contributed by atoms with van der Waals surface area (Å²) in [6.07, 6.45) is 4.97. The minimum absolute atomic E-state index is 0.507. The fraction of sp³-hybridized carbons (Fsp3) is 0.600. The number of fused-ring (bicyclic) bond motifs is 1. The highest BCUT2D eigenvalue weighted by Crippen LogP contribution is 2.28. The molecule has 0 aliphatic carbocycles. The van der Waals surface area contributed by atoms with Crippen molar-refractivity contribution < 1.29 is 0 Å². The summed E-state index contributed by atoms with van der Waals surface area (Å²) in [5, 5.41) is 1.14. The van der Waals surface area contributed by atoms with Gasteiger partial charge in [-0.2, -0.15) is 0 Å². The summed E-state index contributed by atoms with van der Waals surface area (Å²) in [6.45, 7) is 4.63. The van der Waals surface area contributed by atoms with Gasteiger partial charge in [-0.05, 0) is 32.0 Å². The molecule has 108 valence electrons. The molecule has 0 saturated carbocycles. The third kappa shape index (κ3) is 2.16. The molecule has 0 aromatic carbocycles. The largest absolute Gasteiger partial charge is 0.354 e. The third-order valence-electron chi connectivity index (χ3n) is 4.59. The van der Waals surface area contributed by atoms with Crippen molar-refractivity contribution in [3.05, 3.63) is 18.6 Å². The van der Waals surface area contributed by atoms with Crippen molar-refractivity contribution >= 4 is 16.9 Å². The smallest absolute Gasteiger partial charge is 0.145 e. The second kappa shape index (κ2) is 5.05. The average Bonchev–Trinajstić information content (AvgIpc) is 2.83. The molecule has 0 radical (unpaired) electrons. The second-order valence-corrected chi connectivity index (χ2v) is 6.07. The van der Waals surface area contributed by atoms with E-state index in [4.69, 9.17) is 0 Å². The number of aryl methyl sites for hydroxylation is 1. The number of nitrogens with zero attached hydrogens (tertiary/aromatic N) is 5. The van der Waals surface area contributed by atoms with E-state index in [1.54, 1.807) is 6.33 Å². The first-order valence-corrected chi connectivity index (χ1v) is 7.25.